The van der Waals surface area contributed by atoms with E-state index in [1.54, 1.807) is 11.9 Å². The minimum Gasteiger partial charge on any atom is -0.309 e. The quantitative estimate of drug-likeness (QED) is 0.671. The second kappa shape index (κ2) is 6.84. The van der Waals surface area contributed by atoms with Gasteiger partial charge in [0.2, 0.25) is 0 Å². The van der Waals surface area contributed by atoms with E-state index in [1.165, 1.54) is 0 Å². The van der Waals surface area contributed by atoms with Gasteiger partial charge < -0.3 is 4.90 Å². The van der Waals surface area contributed by atoms with Gasteiger partial charge in [-0.05, 0) is 23.8 Å². The molecule has 3 aromatic rings. The fourth-order valence-electron chi connectivity index (χ4n) is 3.11. The van der Waals surface area contributed by atoms with Crippen LogP contribution in [0.1, 0.15) is 11.1 Å². The van der Waals surface area contributed by atoms with Crippen LogP contribution in [0.25, 0.3) is 0 Å². The highest BCUT2D eigenvalue weighted by Crippen LogP contribution is 2.29. The first-order valence-electron chi connectivity index (χ1n) is 8.56. The van der Waals surface area contributed by atoms with Crippen LogP contribution in [0.5, 0.6) is 0 Å². The van der Waals surface area contributed by atoms with E-state index in [-0.39, 0.29) is 5.91 Å². The van der Waals surface area contributed by atoms with Gasteiger partial charge in [-0.25, -0.2) is 0 Å². The van der Waals surface area contributed by atoms with Crippen LogP contribution in [0.2, 0.25) is 0 Å². The summed E-state index contributed by atoms with van der Waals surface area (Å²) in [6.45, 7) is 0.591. The van der Waals surface area contributed by atoms with Crippen LogP contribution in [0, 0.1) is 0 Å². The van der Waals surface area contributed by atoms with Crippen molar-refractivity contribution < 1.29 is 4.79 Å². The third-order valence-electron chi connectivity index (χ3n) is 4.48. The van der Waals surface area contributed by atoms with Gasteiger partial charge in [0.25, 0.3) is 5.91 Å². The van der Waals surface area contributed by atoms with Crippen molar-refractivity contribution in [2.75, 3.05) is 17.0 Å². The molecule has 3 aromatic carbocycles. The van der Waals surface area contributed by atoms with E-state index in [0.717, 1.165) is 22.5 Å². The fourth-order valence-corrected chi connectivity index (χ4v) is 3.11. The summed E-state index contributed by atoms with van der Waals surface area (Å²) in [6, 6.07) is 27.8. The number of para-hydroxylation sites is 2. The van der Waals surface area contributed by atoms with E-state index < -0.39 is 0 Å². The number of anilines is 2. The van der Waals surface area contributed by atoms with Crippen LogP contribution in [0.3, 0.4) is 0 Å². The van der Waals surface area contributed by atoms with Crippen molar-refractivity contribution >= 4 is 23.0 Å². The zero-order chi connectivity index (χ0) is 17.9. The van der Waals surface area contributed by atoms with E-state index in [4.69, 9.17) is 5.10 Å². The van der Waals surface area contributed by atoms with Gasteiger partial charge in [0.05, 0.1) is 17.9 Å². The molecule has 1 amide bonds. The highest BCUT2D eigenvalue weighted by atomic mass is 16.2. The van der Waals surface area contributed by atoms with Gasteiger partial charge in [-0.2, -0.15) is 5.10 Å². The van der Waals surface area contributed by atoms with Crippen molar-refractivity contribution in [1.29, 1.82) is 0 Å². The average molecular weight is 341 g/mol. The van der Waals surface area contributed by atoms with Crippen molar-refractivity contribution in [2.24, 2.45) is 5.10 Å². The maximum absolute atomic E-state index is 12.7. The molecule has 0 bridgehead atoms. The number of hydrogen-bond donors (Lipinski definition) is 0. The topological polar surface area (TPSA) is 35.9 Å². The molecule has 0 aromatic heterocycles. The van der Waals surface area contributed by atoms with Crippen LogP contribution in [-0.4, -0.2) is 18.7 Å². The Morgan fingerprint density at radius 2 is 1.46 bits per heavy atom. The van der Waals surface area contributed by atoms with Crippen molar-refractivity contribution in [3.05, 3.63) is 96.1 Å². The number of amides is 1. The Morgan fingerprint density at radius 3 is 2.19 bits per heavy atom. The molecule has 0 unspecified atom stereocenters. The summed E-state index contributed by atoms with van der Waals surface area (Å²) in [6.07, 6.45) is 0. The molecular formula is C22H19N3O. The molecule has 0 aliphatic carbocycles. The number of fused-ring (bicyclic) bond motifs is 1. The third kappa shape index (κ3) is 2.97. The van der Waals surface area contributed by atoms with Crippen LogP contribution in [-0.2, 0) is 11.3 Å². The van der Waals surface area contributed by atoms with Crippen LogP contribution < -0.4 is 9.91 Å². The number of benzene rings is 3. The number of hydrogen-bond acceptors (Lipinski definition) is 3. The molecule has 128 valence electrons. The minimum atomic E-state index is -0.0832. The summed E-state index contributed by atoms with van der Waals surface area (Å²) >= 11 is 0. The molecule has 4 nitrogen and oxygen atoms in total. The Hall–Kier alpha value is -3.40. The lowest BCUT2D eigenvalue weighted by Crippen LogP contribution is -2.28. The Kier molecular flexibility index (Phi) is 4.23. The highest BCUT2D eigenvalue weighted by Gasteiger charge is 2.31. The van der Waals surface area contributed by atoms with E-state index in [1.807, 2.05) is 77.8 Å². The van der Waals surface area contributed by atoms with E-state index in [2.05, 4.69) is 12.1 Å². The summed E-state index contributed by atoms with van der Waals surface area (Å²) in [5, 5.41) is 6.66. The van der Waals surface area contributed by atoms with Crippen LogP contribution in [0.15, 0.2) is 90.0 Å². The monoisotopic (exact) mass is 341 g/mol. The summed E-state index contributed by atoms with van der Waals surface area (Å²) in [5.74, 6) is -0.0832. The van der Waals surface area contributed by atoms with Crippen molar-refractivity contribution in [3.63, 3.8) is 0 Å². The predicted molar refractivity (Wildman–Crippen MR) is 105 cm³/mol. The standard InChI is InChI=1S/C22H19N3O/c1-24-20-15-9-8-14-19(20)21(22(24)26)23-25(18-12-6-3-7-13-18)16-17-10-4-2-5-11-17/h2-15H,16H2,1H3. The summed E-state index contributed by atoms with van der Waals surface area (Å²) < 4.78 is 0. The molecule has 0 spiro atoms. The summed E-state index contributed by atoms with van der Waals surface area (Å²) in [4.78, 5) is 14.4. The maximum Gasteiger partial charge on any atom is 0.279 e. The zero-order valence-electron chi connectivity index (χ0n) is 14.5. The summed E-state index contributed by atoms with van der Waals surface area (Å²) in [7, 11) is 1.79. The zero-order valence-corrected chi connectivity index (χ0v) is 14.5. The van der Waals surface area contributed by atoms with Gasteiger partial charge in [-0.15, -0.1) is 0 Å². The number of rotatable bonds is 4. The smallest absolute Gasteiger partial charge is 0.279 e. The van der Waals surface area contributed by atoms with Crippen LogP contribution >= 0.6 is 0 Å². The van der Waals surface area contributed by atoms with Gasteiger partial charge in [0.1, 0.15) is 0 Å². The molecule has 0 N–H and O–H groups in total. The molecule has 0 atom stereocenters. The number of carbonyl (C=O) groups excluding carboxylic acids is 1. The Balaban J connectivity index is 1.77. The number of carbonyl (C=O) groups is 1. The molecule has 0 saturated heterocycles. The molecular weight excluding hydrogens is 322 g/mol. The number of nitrogens with zero attached hydrogens (tertiary/aromatic N) is 3. The Bertz CT molecular complexity index is 951. The summed E-state index contributed by atoms with van der Waals surface area (Å²) in [5.41, 5.74) is 4.32. The van der Waals surface area contributed by atoms with Crippen molar-refractivity contribution in [2.45, 2.75) is 6.54 Å². The molecule has 0 saturated carbocycles. The molecule has 0 radical (unpaired) electrons. The largest absolute Gasteiger partial charge is 0.309 e. The lowest BCUT2D eigenvalue weighted by atomic mass is 10.1. The van der Waals surface area contributed by atoms with Crippen molar-refractivity contribution in [1.82, 2.24) is 0 Å². The fraction of sp³-hybridized carbons (Fsp3) is 0.0909. The third-order valence-corrected chi connectivity index (χ3v) is 4.48. The van der Waals surface area contributed by atoms with Crippen molar-refractivity contribution in [3.8, 4) is 0 Å². The van der Waals surface area contributed by atoms with E-state index in [0.29, 0.717) is 12.3 Å². The van der Waals surface area contributed by atoms with Gasteiger partial charge in [-0.1, -0.05) is 66.7 Å². The van der Waals surface area contributed by atoms with Gasteiger partial charge in [-0.3, -0.25) is 9.80 Å². The normalized spacial score (nSPS) is 14.6. The molecule has 1 heterocycles. The minimum absolute atomic E-state index is 0.0832. The first-order chi connectivity index (χ1) is 12.7. The van der Waals surface area contributed by atoms with E-state index in [9.17, 15) is 4.79 Å². The molecule has 0 fully saturated rings. The van der Waals surface area contributed by atoms with E-state index >= 15 is 0 Å². The van der Waals surface area contributed by atoms with Crippen LogP contribution in [0.4, 0.5) is 11.4 Å². The van der Waals surface area contributed by atoms with Gasteiger partial charge >= 0.3 is 0 Å². The average Bonchev–Trinajstić information content (AvgIpc) is 2.94. The number of hydrazone groups is 1. The predicted octanol–water partition coefficient (Wildman–Crippen LogP) is 4.07. The second-order valence-corrected chi connectivity index (χ2v) is 6.21. The molecule has 1 aliphatic rings. The van der Waals surface area contributed by atoms with Gasteiger partial charge in [0, 0.05) is 12.6 Å². The molecule has 4 heteroatoms. The first-order valence-corrected chi connectivity index (χ1v) is 8.56. The molecule has 1 aliphatic heterocycles. The van der Waals surface area contributed by atoms with Gasteiger partial charge in [0.15, 0.2) is 5.71 Å². The highest BCUT2D eigenvalue weighted by molar-refractivity contribution is 6.54. The molecule has 26 heavy (non-hydrogen) atoms. The Morgan fingerprint density at radius 1 is 0.846 bits per heavy atom. The number of likely N-dealkylation sites (N-methyl/N-ethyl adjacent to an activating group) is 1. The Labute approximate surface area is 153 Å². The SMILES string of the molecule is CN1C(=O)C(=NN(Cc2ccccc2)c2ccccc2)c2ccccc21. The lowest BCUT2D eigenvalue weighted by molar-refractivity contribution is -0.111. The lowest BCUT2D eigenvalue weighted by Gasteiger charge is -2.20. The first kappa shape index (κ1) is 16.1. The molecule has 4 rings (SSSR count). The second-order valence-electron chi connectivity index (χ2n) is 6.21. The maximum atomic E-state index is 12.7.